The van der Waals surface area contributed by atoms with Crippen molar-refractivity contribution < 1.29 is 9.90 Å². The van der Waals surface area contributed by atoms with Crippen LogP contribution in [0.3, 0.4) is 0 Å². The lowest BCUT2D eigenvalue weighted by Crippen LogP contribution is -2.29. The van der Waals surface area contributed by atoms with E-state index in [1.807, 2.05) is 65.6 Å². The topological polar surface area (TPSA) is 69.2 Å². The molecule has 0 aliphatic carbocycles. The number of nitrogens with zero attached hydrogens (tertiary/aromatic N) is 2. The molecule has 1 aromatic heterocycles. The lowest BCUT2D eigenvalue weighted by atomic mass is 9.95. The molecule has 2 N–H and O–H groups in total. The van der Waals surface area contributed by atoms with Gasteiger partial charge in [0.25, 0.3) is 5.91 Å². The summed E-state index contributed by atoms with van der Waals surface area (Å²) in [5.74, 6) is -0.00131. The third-order valence-electron chi connectivity index (χ3n) is 5.40. The molecule has 2 heterocycles. The molecule has 30 heavy (non-hydrogen) atoms. The monoisotopic (exact) mass is 415 g/mol. The number of aromatic hydroxyl groups is 1. The average molecular weight is 416 g/mol. The average Bonchev–Trinajstić information content (AvgIpc) is 3.30. The SMILES string of the molecule is O=C1c2[nH]nc(-c3ccccc3O)c2[C@@H](c2ccc(Cl)cc2)N1Cc1ccccc1. The standard InChI is InChI=1S/C24H18ClN3O2/c25-17-12-10-16(11-13-17)23-20-21(18-8-4-5-9-19(18)29)26-27-22(20)24(30)28(23)14-15-6-2-1-3-7-15/h1-13,23,29H,14H2,(H,26,27)/t23-/m1/s1. The van der Waals surface area contributed by atoms with Crippen LogP contribution < -0.4 is 0 Å². The summed E-state index contributed by atoms with van der Waals surface area (Å²) in [6.45, 7) is 0.454. The normalized spacial score (nSPS) is 15.4. The number of para-hydroxylation sites is 1. The molecule has 0 fully saturated rings. The number of fused-ring (bicyclic) bond motifs is 1. The van der Waals surface area contributed by atoms with E-state index in [9.17, 15) is 9.90 Å². The van der Waals surface area contributed by atoms with Crippen LogP contribution in [0.2, 0.25) is 5.02 Å². The summed E-state index contributed by atoms with van der Waals surface area (Å²) < 4.78 is 0. The molecular weight excluding hydrogens is 398 g/mol. The highest BCUT2D eigenvalue weighted by atomic mass is 35.5. The Morgan fingerprint density at radius 3 is 2.40 bits per heavy atom. The molecule has 1 aliphatic rings. The summed E-state index contributed by atoms with van der Waals surface area (Å²) in [5, 5.41) is 18.3. The Hall–Kier alpha value is -3.57. The van der Waals surface area contributed by atoms with Gasteiger partial charge in [0, 0.05) is 22.7 Å². The molecule has 0 radical (unpaired) electrons. The minimum absolute atomic E-state index is 0.121. The summed E-state index contributed by atoms with van der Waals surface area (Å²) in [4.78, 5) is 15.2. The Kier molecular flexibility index (Phi) is 4.52. The fraction of sp³-hybridized carbons (Fsp3) is 0.0833. The number of halogens is 1. The van der Waals surface area contributed by atoms with E-state index in [4.69, 9.17) is 11.6 Å². The lowest BCUT2D eigenvalue weighted by Gasteiger charge is -2.26. The van der Waals surface area contributed by atoms with E-state index in [0.717, 1.165) is 16.7 Å². The molecule has 5 nitrogen and oxygen atoms in total. The molecule has 0 unspecified atom stereocenters. The minimum Gasteiger partial charge on any atom is -0.507 e. The number of H-pyrrole nitrogens is 1. The molecule has 1 amide bonds. The molecule has 3 aromatic carbocycles. The molecule has 0 bridgehead atoms. The number of phenolic OH excluding ortho intramolecular Hbond substituents is 1. The Bertz CT molecular complexity index is 1220. The first-order chi connectivity index (χ1) is 14.6. The van der Waals surface area contributed by atoms with Crippen LogP contribution in [-0.4, -0.2) is 26.1 Å². The van der Waals surface area contributed by atoms with E-state index in [0.29, 0.717) is 28.5 Å². The van der Waals surface area contributed by atoms with Gasteiger partial charge in [0.15, 0.2) is 0 Å². The van der Waals surface area contributed by atoms with E-state index in [-0.39, 0.29) is 17.7 Å². The number of aromatic nitrogens is 2. The first-order valence-electron chi connectivity index (χ1n) is 9.60. The van der Waals surface area contributed by atoms with Crippen LogP contribution in [0, 0.1) is 0 Å². The van der Waals surface area contributed by atoms with Crippen molar-refractivity contribution >= 4 is 17.5 Å². The second-order valence-corrected chi connectivity index (χ2v) is 7.69. The Labute approximate surface area is 178 Å². The van der Waals surface area contributed by atoms with Gasteiger partial charge in [0.2, 0.25) is 0 Å². The summed E-state index contributed by atoms with van der Waals surface area (Å²) in [7, 11) is 0. The number of hydrogen-bond acceptors (Lipinski definition) is 3. The Balaban J connectivity index is 1.67. The van der Waals surface area contributed by atoms with Crippen LogP contribution in [0.1, 0.15) is 33.2 Å². The molecular formula is C24H18ClN3O2. The van der Waals surface area contributed by atoms with Gasteiger partial charge < -0.3 is 10.0 Å². The molecule has 0 spiro atoms. The van der Waals surface area contributed by atoms with Gasteiger partial charge in [-0.05, 0) is 35.4 Å². The number of nitrogens with one attached hydrogen (secondary N) is 1. The van der Waals surface area contributed by atoms with Crippen LogP contribution >= 0.6 is 11.6 Å². The highest BCUT2D eigenvalue weighted by molar-refractivity contribution is 6.30. The van der Waals surface area contributed by atoms with Gasteiger partial charge in [-0.3, -0.25) is 9.89 Å². The maximum atomic E-state index is 13.3. The molecule has 5 rings (SSSR count). The first-order valence-corrected chi connectivity index (χ1v) is 9.98. The maximum Gasteiger partial charge on any atom is 0.273 e. The summed E-state index contributed by atoms with van der Waals surface area (Å²) in [5.41, 5.74) is 4.34. The van der Waals surface area contributed by atoms with Crippen molar-refractivity contribution in [1.29, 1.82) is 0 Å². The van der Waals surface area contributed by atoms with Crippen molar-refractivity contribution in [3.05, 3.63) is 106 Å². The van der Waals surface area contributed by atoms with Gasteiger partial charge in [-0.2, -0.15) is 5.10 Å². The van der Waals surface area contributed by atoms with E-state index in [1.165, 1.54) is 0 Å². The van der Waals surface area contributed by atoms with Crippen LogP contribution in [-0.2, 0) is 6.54 Å². The largest absolute Gasteiger partial charge is 0.507 e. The van der Waals surface area contributed by atoms with Gasteiger partial charge in [0.1, 0.15) is 17.1 Å². The minimum atomic E-state index is -0.349. The van der Waals surface area contributed by atoms with Gasteiger partial charge >= 0.3 is 0 Å². The number of benzene rings is 3. The Morgan fingerprint density at radius 1 is 0.967 bits per heavy atom. The predicted molar refractivity (Wildman–Crippen MR) is 115 cm³/mol. The van der Waals surface area contributed by atoms with E-state index in [1.54, 1.807) is 18.2 Å². The number of hydrogen-bond donors (Lipinski definition) is 2. The zero-order valence-electron chi connectivity index (χ0n) is 15.9. The highest BCUT2D eigenvalue weighted by Crippen LogP contribution is 2.45. The summed E-state index contributed by atoms with van der Waals surface area (Å²) in [6, 6.07) is 24.0. The third kappa shape index (κ3) is 3.04. The number of carbonyl (C=O) groups is 1. The third-order valence-corrected chi connectivity index (χ3v) is 5.66. The van der Waals surface area contributed by atoms with Crippen molar-refractivity contribution in [2.45, 2.75) is 12.6 Å². The molecule has 4 aromatic rings. The van der Waals surface area contributed by atoms with E-state index >= 15 is 0 Å². The highest BCUT2D eigenvalue weighted by Gasteiger charge is 2.42. The van der Waals surface area contributed by atoms with Crippen LogP contribution in [0.25, 0.3) is 11.3 Å². The quantitative estimate of drug-likeness (QED) is 0.482. The van der Waals surface area contributed by atoms with Crippen molar-refractivity contribution in [3.8, 4) is 17.0 Å². The van der Waals surface area contributed by atoms with Crippen LogP contribution in [0.4, 0.5) is 0 Å². The maximum absolute atomic E-state index is 13.3. The fourth-order valence-corrected chi connectivity index (χ4v) is 4.14. The van der Waals surface area contributed by atoms with E-state index < -0.39 is 0 Å². The number of phenols is 1. The molecule has 148 valence electrons. The summed E-state index contributed by atoms with van der Waals surface area (Å²) in [6.07, 6.45) is 0. The van der Waals surface area contributed by atoms with Crippen molar-refractivity contribution in [2.24, 2.45) is 0 Å². The van der Waals surface area contributed by atoms with Gasteiger partial charge in [-0.15, -0.1) is 0 Å². The van der Waals surface area contributed by atoms with Gasteiger partial charge in [0.05, 0.1) is 6.04 Å². The van der Waals surface area contributed by atoms with Gasteiger partial charge in [-0.1, -0.05) is 66.2 Å². The summed E-state index contributed by atoms with van der Waals surface area (Å²) >= 11 is 6.11. The smallest absolute Gasteiger partial charge is 0.273 e. The molecule has 6 heteroatoms. The predicted octanol–water partition coefficient (Wildman–Crippen LogP) is 5.18. The Morgan fingerprint density at radius 2 is 1.67 bits per heavy atom. The van der Waals surface area contributed by atoms with Crippen molar-refractivity contribution in [3.63, 3.8) is 0 Å². The molecule has 1 atom stereocenters. The lowest BCUT2D eigenvalue weighted by molar-refractivity contribution is 0.0730. The zero-order valence-corrected chi connectivity index (χ0v) is 16.7. The molecule has 1 aliphatic heterocycles. The van der Waals surface area contributed by atoms with Gasteiger partial charge in [-0.25, -0.2) is 0 Å². The number of aromatic amines is 1. The van der Waals surface area contributed by atoms with Crippen LogP contribution in [0.5, 0.6) is 5.75 Å². The molecule has 0 saturated heterocycles. The van der Waals surface area contributed by atoms with Crippen molar-refractivity contribution in [2.75, 3.05) is 0 Å². The molecule has 0 saturated carbocycles. The van der Waals surface area contributed by atoms with Crippen LogP contribution in [0.15, 0.2) is 78.9 Å². The zero-order chi connectivity index (χ0) is 20.7. The van der Waals surface area contributed by atoms with Crippen molar-refractivity contribution in [1.82, 2.24) is 15.1 Å². The first kappa shape index (κ1) is 18.5. The number of rotatable bonds is 4. The number of amides is 1. The second-order valence-electron chi connectivity index (χ2n) is 7.25. The fourth-order valence-electron chi connectivity index (χ4n) is 4.01. The van der Waals surface area contributed by atoms with E-state index in [2.05, 4.69) is 10.2 Å². The second kappa shape index (κ2) is 7.35. The number of carbonyl (C=O) groups excluding carboxylic acids is 1.